The van der Waals surface area contributed by atoms with E-state index in [-0.39, 0.29) is 0 Å². The molecule has 0 amide bonds. The molecule has 4 heteroatoms. The summed E-state index contributed by atoms with van der Waals surface area (Å²) in [5.74, 6) is -0.608. The van der Waals surface area contributed by atoms with Crippen LogP contribution in [0.3, 0.4) is 0 Å². The molecule has 0 aromatic heterocycles. The van der Waals surface area contributed by atoms with Crippen molar-refractivity contribution >= 4 is 21.9 Å². The number of hydrogen-bond donors (Lipinski definition) is 1. The lowest BCUT2D eigenvalue weighted by Crippen LogP contribution is -2.16. The Hall–Kier alpha value is -0.870. The second-order valence-corrected chi connectivity index (χ2v) is 3.95. The molecule has 82 valence electrons. The van der Waals surface area contributed by atoms with Crippen molar-refractivity contribution in [3.05, 3.63) is 34.3 Å². The molecule has 0 aliphatic rings. The predicted molar refractivity (Wildman–Crippen MR) is 60.4 cm³/mol. The molecule has 1 N–H and O–H groups in total. The summed E-state index contributed by atoms with van der Waals surface area (Å²) in [6.07, 6.45) is -0.471. The van der Waals surface area contributed by atoms with Gasteiger partial charge in [0.2, 0.25) is 0 Å². The highest BCUT2D eigenvalue weighted by atomic mass is 79.9. The molecule has 1 aromatic carbocycles. The van der Waals surface area contributed by atoms with Crippen molar-refractivity contribution in [3.8, 4) is 0 Å². The maximum Gasteiger partial charge on any atom is 0.339 e. The monoisotopic (exact) mass is 272 g/mol. The van der Waals surface area contributed by atoms with Crippen molar-refractivity contribution in [3.63, 3.8) is 0 Å². The normalized spacial score (nSPS) is 12.2. The van der Waals surface area contributed by atoms with Crippen molar-refractivity contribution < 1.29 is 14.6 Å². The van der Waals surface area contributed by atoms with E-state index in [1.165, 1.54) is 0 Å². The second kappa shape index (κ2) is 5.88. The number of aliphatic hydroxyl groups is 1. The zero-order chi connectivity index (χ0) is 11.3. The molecule has 1 aromatic rings. The molecule has 0 aliphatic carbocycles. The quantitative estimate of drug-likeness (QED) is 0.857. The summed E-state index contributed by atoms with van der Waals surface area (Å²) in [6, 6.07) is 7.03. The van der Waals surface area contributed by atoms with E-state index in [1.807, 2.05) is 13.0 Å². The molecule has 0 saturated heterocycles. The van der Waals surface area contributed by atoms with Gasteiger partial charge in [-0.3, -0.25) is 0 Å². The zero-order valence-electron chi connectivity index (χ0n) is 8.44. The summed E-state index contributed by atoms with van der Waals surface area (Å²) in [5.41, 5.74) is 0.526. The van der Waals surface area contributed by atoms with Gasteiger partial charge in [-0.1, -0.05) is 41.1 Å². The molecular formula is C11H13BrO3. The number of carbonyl (C=O) groups is 1. The summed E-state index contributed by atoms with van der Waals surface area (Å²) < 4.78 is 5.55. The first-order valence-electron chi connectivity index (χ1n) is 4.76. The van der Waals surface area contributed by atoms with Crippen LogP contribution in [0, 0.1) is 0 Å². The van der Waals surface area contributed by atoms with Crippen molar-refractivity contribution in [1.82, 2.24) is 0 Å². The fraction of sp³-hybridized carbons (Fsp3) is 0.364. The summed E-state index contributed by atoms with van der Waals surface area (Å²) in [5, 5.41) is 9.69. The van der Waals surface area contributed by atoms with Crippen LogP contribution in [0.4, 0.5) is 0 Å². The highest BCUT2D eigenvalue weighted by molar-refractivity contribution is 9.10. The lowest BCUT2D eigenvalue weighted by atomic mass is 10.1. The molecule has 0 heterocycles. The topological polar surface area (TPSA) is 46.5 Å². The molecule has 15 heavy (non-hydrogen) atoms. The number of hydrogen-bond acceptors (Lipinski definition) is 3. The molecule has 1 atom stereocenters. The standard InChI is InChI=1S/C11H13BrO3/c1-2-7-15-11(14)10(13)8-5-3-4-6-9(8)12/h3-6,10,13H,2,7H2,1H3. The zero-order valence-corrected chi connectivity index (χ0v) is 10.0. The van der Waals surface area contributed by atoms with E-state index in [4.69, 9.17) is 4.74 Å². The lowest BCUT2D eigenvalue weighted by molar-refractivity contribution is -0.154. The Morgan fingerprint density at radius 1 is 1.53 bits per heavy atom. The highest BCUT2D eigenvalue weighted by Gasteiger charge is 2.20. The van der Waals surface area contributed by atoms with E-state index < -0.39 is 12.1 Å². The first kappa shape index (κ1) is 12.2. The van der Waals surface area contributed by atoms with Gasteiger partial charge < -0.3 is 9.84 Å². The number of ether oxygens (including phenoxy) is 1. The molecular weight excluding hydrogens is 260 g/mol. The van der Waals surface area contributed by atoms with Crippen LogP contribution in [0.2, 0.25) is 0 Å². The van der Waals surface area contributed by atoms with Crippen molar-refractivity contribution in [1.29, 1.82) is 0 Å². The fourth-order valence-corrected chi connectivity index (χ4v) is 1.61. The van der Waals surface area contributed by atoms with E-state index in [0.29, 0.717) is 16.6 Å². The SMILES string of the molecule is CCCOC(=O)C(O)c1ccccc1Br. The maximum atomic E-state index is 11.4. The van der Waals surface area contributed by atoms with Gasteiger partial charge in [0.25, 0.3) is 0 Å². The molecule has 0 spiro atoms. The number of rotatable bonds is 4. The van der Waals surface area contributed by atoms with Gasteiger partial charge >= 0.3 is 5.97 Å². The number of aliphatic hydroxyl groups excluding tert-OH is 1. The molecule has 0 saturated carbocycles. The van der Waals surface area contributed by atoms with Gasteiger partial charge in [0.1, 0.15) is 0 Å². The van der Waals surface area contributed by atoms with Gasteiger partial charge in [-0.25, -0.2) is 4.79 Å². The second-order valence-electron chi connectivity index (χ2n) is 3.09. The number of esters is 1. The average molecular weight is 273 g/mol. The van der Waals surface area contributed by atoms with Crippen molar-refractivity contribution in [2.75, 3.05) is 6.61 Å². The number of halogens is 1. The van der Waals surface area contributed by atoms with Crippen molar-refractivity contribution in [2.45, 2.75) is 19.4 Å². The third-order valence-corrected chi connectivity index (χ3v) is 2.59. The number of carbonyl (C=O) groups excluding carboxylic acids is 1. The highest BCUT2D eigenvalue weighted by Crippen LogP contribution is 2.23. The Balaban J connectivity index is 2.72. The Kier molecular flexibility index (Phi) is 4.78. The summed E-state index contributed by atoms with van der Waals surface area (Å²) in [6.45, 7) is 2.23. The molecule has 0 aliphatic heterocycles. The number of benzene rings is 1. The minimum absolute atomic E-state index is 0.334. The van der Waals surface area contributed by atoms with Gasteiger partial charge in [0, 0.05) is 10.0 Å². The van der Waals surface area contributed by atoms with Crippen LogP contribution in [0.1, 0.15) is 25.0 Å². The third kappa shape index (κ3) is 3.32. The summed E-state index contributed by atoms with van der Waals surface area (Å²) in [7, 11) is 0. The molecule has 1 rings (SSSR count). The van der Waals surface area contributed by atoms with Gasteiger partial charge in [0.15, 0.2) is 6.10 Å². The van der Waals surface area contributed by atoms with Crippen LogP contribution < -0.4 is 0 Å². The van der Waals surface area contributed by atoms with Crippen LogP contribution >= 0.6 is 15.9 Å². The molecule has 0 fully saturated rings. The third-order valence-electron chi connectivity index (χ3n) is 1.87. The first-order valence-corrected chi connectivity index (χ1v) is 5.55. The molecule has 1 unspecified atom stereocenters. The molecule has 0 radical (unpaired) electrons. The van der Waals surface area contributed by atoms with E-state index in [9.17, 15) is 9.90 Å². The maximum absolute atomic E-state index is 11.4. The summed E-state index contributed by atoms with van der Waals surface area (Å²) >= 11 is 3.27. The van der Waals surface area contributed by atoms with E-state index in [2.05, 4.69) is 15.9 Å². The Morgan fingerprint density at radius 2 is 2.20 bits per heavy atom. The van der Waals surface area contributed by atoms with E-state index >= 15 is 0 Å². The smallest absolute Gasteiger partial charge is 0.339 e. The van der Waals surface area contributed by atoms with Crippen LogP contribution in [0.25, 0.3) is 0 Å². The van der Waals surface area contributed by atoms with Crippen LogP contribution in [0.15, 0.2) is 28.7 Å². The van der Waals surface area contributed by atoms with Crippen LogP contribution in [0.5, 0.6) is 0 Å². The average Bonchev–Trinajstić information content (AvgIpc) is 2.25. The van der Waals surface area contributed by atoms with Gasteiger partial charge in [-0.15, -0.1) is 0 Å². The fourth-order valence-electron chi connectivity index (χ4n) is 1.11. The minimum Gasteiger partial charge on any atom is -0.464 e. The lowest BCUT2D eigenvalue weighted by Gasteiger charge is -2.11. The van der Waals surface area contributed by atoms with E-state index in [1.54, 1.807) is 18.2 Å². The summed E-state index contributed by atoms with van der Waals surface area (Å²) in [4.78, 5) is 11.4. The molecule has 0 bridgehead atoms. The van der Waals surface area contributed by atoms with Gasteiger partial charge in [-0.05, 0) is 12.5 Å². The minimum atomic E-state index is -1.22. The first-order chi connectivity index (χ1) is 7.16. The Morgan fingerprint density at radius 3 is 2.80 bits per heavy atom. The Labute approximate surface area is 97.2 Å². The van der Waals surface area contributed by atoms with Crippen molar-refractivity contribution in [2.24, 2.45) is 0 Å². The van der Waals surface area contributed by atoms with Crippen LogP contribution in [-0.4, -0.2) is 17.7 Å². The molecule has 3 nitrogen and oxygen atoms in total. The van der Waals surface area contributed by atoms with Gasteiger partial charge in [-0.2, -0.15) is 0 Å². The van der Waals surface area contributed by atoms with Crippen LogP contribution in [-0.2, 0) is 9.53 Å². The van der Waals surface area contributed by atoms with E-state index in [0.717, 1.165) is 6.42 Å². The Bertz CT molecular complexity index is 338. The van der Waals surface area contributed by atoms with Gasteiger partial charge in [0.05, 0.1) is 6.61 Å². The largest absolute Gasteiger partial charge is 0.464 e. The predicted octanol–water partition coefficient (Wildman–Crippen LogP) is 2.44.